The smallest absolute Gasteiger partial charge is 0.494 e. The molecule has 0 unspecified atom stereocenters. The summed E-state index contributed by atoms with van der Waals surface area (Å²) in [4.78, 5) is 25.2. The summed E-state index contributed by atoms with van der Waals surface area (Å²) in [5.41, 5.74) is 0. The maximum Gasteiger partial charge on any atom is 0.514 e. The predicted molar refractivity (Wildman–Crippen MR) is 73.6 cm³/mol. The number of hydrogen-bond acceptors (Lipinski definition) is 7. The third-order valence-corrected chi connectivity index (χ3v) is 3.43. The number of H-pyrrole nitrogens is 1. The maximum absolute atomic E-state index is 11.7. The van der Waals surface area contributed by atoms with E-state index >= 15 is 0 Å². The molecule has 0 radical (unpaired) electrons. The summed E-state index contributed by atoms with van der Waals surface area (Å²) >= 11 is 0. The monoisotopic (exact) mass is 313 g/mol. The molecule has 2 rings (SSSR count). The van der Waals surface area contributed by atoms with E-state index in [-0.39, 0.29) is 36.7 Å². The minimum Gasteiger partial charge on any atom is -0.494 e. The van der Waals surface area contributed by atoms with Crippen LogP contribution in [-0.2, 0) is 14.3 Å². The summed E-state index contributed by atoms with van der Waals surface area (Å²) in [6.45, 7) is -0.191. The van der Waals surface area contributed by atoms with Crippen LogP contribution in [0.2, 0.25) is 0 Å². The number of hydrogen-bond donors (Lipinski definition) is 3. The van der Waals surface area contributed by atoms with Crippen molar-refractivity contribution in [2.45, 2.75) is 32.1 Å². The van der Waals surface area contributed by atoms with Crippen LogP contribution in [0, 0.1) is 5.92 Å². The molecule has 0 spiro atoms. The quantitative estimate of drug-likeness (QED) is 0.562. The Morgan fingerprint density at radius 3 is 2.45 bits per heavy atom. The number of aromatic nitrogens is 1. The standard InChI is InChI=1S/C14H19NO7/c16-11-8-10(12(17)15-11)22-14(19)21-7-6-20-13(18)9-4-2-1-3-5-9/h8-9,15-17H,1-7H2. The Morgan fingerprint density at radius 1 is 1.14 bits per heavy atom. The zero-order valence-corrected chi connectivity index (χ0v) is 12.0. The topological polar surface area (TPSA) is 118 Å². The zero-order valence-electron chi connectivity index (χ0n) is 12.0. The van der Waals surface area contributed by atoms with E-state index in [9.17, 15) is 14.7 Å². The van der Waals surface area contributed by atoms with Gasteiger partial charge in [0.2, 0.25) is 5.88 Å². The van der Waals surface area contributed by atoms with Gasteiger partial charge in [-0.05, 0) is 12.8 Å². The molecule has 1 aromatic rings. The van der Waals surface area contributed by atoms with Crippen LogP contribution in [0.1, 0.15) is 32.1 Å². The molecule has 0 aliphatic heterocycles. The normalized spacial score (nSPS) is 15.3. The lowest BCUT2D eigenvalue weighted by Gasteiger charge is -2.19. The van der Waals surface area contributed by atoms with Gasteiger partial charge in [0.25, 0.3) is 0 Å². The van der Waals surface area contributed by atoms with E-state index in [0.29, 0.717) is 0 Å². The maximum atomic E-state index is 11.7. The second-order valence-electron chi connectivity index (χ2n) is 5.07. The Kier molecular flexibility index (Phi) is 5.51. The Morgan fingerprint density at radius 2 is 1.82 bits per heavy atom. The van der Waals surface area contributed by atoms with E-state index in [1.54, 1.807) is 0 Å². The fourth-order valence-electron chi connectivity index (χ4n) is 2.33. The van der Waals surface area contributed by atoms with Gasteiger partial charge in [-0.3, -0.25) is 9.78 Å². The molecular formula is C14H19NO7. The summed E-state index contributed by atoms with van der Waals surface area (Å²) in [7, 11) is 0. The molecule has 8 heteroatoms. The molecule has 0 atom stereocenters. The second-order valence-corrected chi connectivity index (χ2v) is 5.07. The van der Waals surface area contributed by atoms with E-state index in [2.05, 4.69) is 9.72 Å². The van der Waals surface area contributed by atoms with E-state index in [4.69, 9.17) is 14.6 Å². The number of aromatic amines is 1. The average molecular weight is 313 g/mol. The lowest BCUT2D eigenvalue weighted by molar-refractivity contribution is -0.150. The summed E-state index contributed by atoms with van der Waals surface area (Å²) in [5, 5.41) is 18.3. The molecule has 122 valence electrons. The molecular weight excluding hydrogens is 294 g/mol. The highest BCUT2D eigenvalue weighted by molar-refractivity contribution is 5.72. The van der Waals surface area contributed by atoms with Crippen molar-refractivity contribution in [3.63, 3.8) is 0 Å². The van der Waals surface area contributed by atoms with Gasteiger partial charge in [0, 0.05) is 6.07 Å². The number of carbonyl (C=O) groups excluding carboxylic acids is 2. The highest BCUT2D eigenvalue weighted by Crippen LogP contribution is 2.29. The van der Waals surface area contributed by atoms with E-state index in [1.807, 2.05) is 0 Å². The first-order valence-electron chi connectivity index (χ1n) is 7.18. The summed E-state index contributed by atoms with van der Waals surface area (Å²) in [6, 6.07) is 1.03. The molecule has 0 amide bonds. The highest BCUT2D eigenvalue weighted by Gasteiger charge is 2.22. The van der Waals surface area contributed by atoms with Gasteiger partial charge in [-0.25, -0.2) is 4.79 Å². The molecule has 1 fully saturated rings. The van der Waals surface area contributed by atoms with Crippen LogP contribution in [-0.4, -0.2) is 40.5 Å². The molecule has 1 heterocycles. The first-order chi connectivity index (χ1) is 10.6. The van der Waals surface area contributed by atoms with E-state index in [0.717, 1.165) is 38.2 Å². The first-order valence-corrected chi connectivity index (χ1v) is 7.18. The van der Waals surface area contributed by atoms with Crippen LogP contribution < -0.4 is 4.74 Å². The Balaban J connectivity index is 1.62. The number of ether oxygens (including phenoxy) is 3. The molecule has 8 nitrogen and oxygen atoms in total. The van der Waals surface area contributed by atoms with Gasteiger partial charge in [0.05, 0.1) is 5.92 Å². The van der Waals surface area contributed by atoms with E-state index < -0.39 is 12.0 Å². The summed E-state index contributed by atoms with van der Waals surface area (Å²) in [5.74, 6) is -1.40. The molecule has 0 bridgehead atoms. The summed E-state index contributed by atoms with van der Waals surface area (Å²) < 4.78 is 14.4. The van der Waals surface area contributed by atoms with Crippen LogP contribution in [0.25, 0.3) is 0 Å². The van der Waals surface area contributed by atoms with Crippen LogP contribution in [0.4, 0.5) is 4.79 Å². The third kappa shape index (κ3) is 4.57. The van der Waals surface area contributed by atoms with Crippen LogP contribution >= 0.6 is 0 Å². The SMILES string of the molecule is O=C(OCCOC(=O)C1CCCCC1)Oc1cc(O)[nH]c1O. The summed E-state index contributed by atoms with van der Waals surface area (Å²) in [6.07, 6.45) is 3.85. The van der Waals surface area contributed by atoms with Gasteiger partial charge in [-0.1, -0.05) is 19.3 Å². The molecule has 1 aliphatic rings. The van der Waals surface area contributed by atoms with Gasteiger partial charge in [0.15, 0.2) is 11.6 Å². The Labute approximate surface area is 127 Å². The lowest BCUT2D eigenvalue weighted by Crippen LogP contribution is -2.23. The Bertz CT molecular complexity index is 519. The van der Waals surface area contributed by atoms with Crippen molar-refractivity contribution in [2.24, 2.45) is 5.92 Å². The molecule has 3 N–H and O–H groups in total. The number of carbonyl (C=O) groups is 2. The van der Waals surface area contributed by atoms with Crippen molar-refractivity contribution in [3.8, 4) is 17.5 Å². The first kappa shape index (κ1) is 16.0. The largest absolute Gasteiger partial charge is 0.514 e. The number of aromatic hydroxyl groups is 2. The predicted octanol–water partition coefficient (Wildman–Crippen LogP) is 2.06. The van der Waals surface area contributed by atoms with Gasteiger partial charge < -0.3 is 24.4 Å². The molecule has 1 aliphatic carbocycles. The minimum atomic E-state index is -1.07. The van der Waals surface area contributed by atoms with Gasteiger partial charge in [-0.2, -0.15) is 0 Å². The molecule has 1 saturated carbocycles. The second kappa shape index (κ2) is 7.58. The van der Waals surface area contributed by atoms with Crippen molar-refractivity contribution in [3.05, 3.63) is 6.07 Å². The van der Waals surface area contributed by atoms with E-state index in [1.165, 1.54) is 0 Å². The highest BCUT2D eigenvalue weighted by atomic mass is 16.7. The molecule has 0 aromatic carbocycles. The Hall–Kier alpha value is -2.38. The average Bonchev–Trinajstić information content (AvgIpc) is 2.82. The van der Waals surface area contributed by atoms with Crippen LogP contribution in [0.5, 0.6) is 17.5 Å². The van der Waals surface area contributed by atoms with Gasteiger partial charge in [0.1, 0.15) is 13.2 Å². The van der Waals surface area contributed by atoms with Crippen molar-refractivity contribution in [1.82, 2.24) is 4.98 Å². The van der Waals surface area contributed by atoms with Crippen molar-refractivity contribution >= 4 is 12.1 Å². The fourth-order valence-corrected chi connectivity index (χ4v) is 2.33. The van der Waals surface area contributed by atoms with Crippen molar-refractivity contribution in [2.75, 3.05) is 13.2 Å². The van der Waals surface area contributed by atoms with Gasteiger partial charge >= 0.3 is 12.1 Å². The van der Waals surface area contributed by atoms with Crippen molar-refractivity contribution in [1.29, 1.82) is 0 Å². The third-order valence-electron chi connectivity index (χ3n) is 3.43. The fraction of sp³-hybridized carbons (Fsp3) is 0.571. The van der Waals surface area contributed by atoms with Gasteiger partial charge in [-0.15, -0.1) is 0 Å². The molecule has 0 saturated heterocycles. The van der Waals surface area contributed by atoms with Crippen LogP contribution in [0.3, 0.4) is 0 Å². The molecule has 22 heavy (non-hydrogen) atoms. The molecule has 1 aromatic heterocycles. The number of rotatable bonds is 5. The lowest BCUT2D eigenvalue weighted by atomic mass is 9.89. The minimum absolute atomic E-state index is 0.0468. The number of esters is 1. The van der Waals surface area contributed by atoms with Crippen LogP contribution in [0.15, 0.2) is 6.07 Å². The zero-order chi connectivity index (χ0) is 15.9. The number of nitrogens with one attached hydrogen (secondary N) is 1. The van der Waals surface area contributed by atoms with Crippen molar-refractivity contribution < 1.29 is 34.0 Å².